The summed E-state index contributed by atoms with van der Waals surface area (Å²) in [6.45, 7) is 0.292. The number of carboxylic acids is 1. The van der Waals surface area contributed by atoms with E-state index in [1.807, 2.05) is 42.5 Å². The first-order valence-electron chi connectivity index (χ1n) is 11.5. The van der Waals surface area contributed by atoms with Gasteiger partial charge in [0.15, 0.2) is 0 Å². The lowest BCUT2D eigenvalue weighted by Gasteiger charge is -2.26. The minimum absolute atomic E-state index is 0.0112. The van der Waals surface area contributed by atoms with Crippen LogP contribution in [0.2, 0.25) is 5.02 Å². The third-order valence-corrected chi connectivity index (χ3v) is 6.30. The van der Waals surface area contributed by atoms with Crippen LogP contribution >= 0.6 is 11.6 Å². The number of nitrogens with zero attached hydrogens (tertiary/aromatic N) is 1. The van der Waals surface area contributed by atoms with Crippen LogP contribution in [0.15, 0.2) is 90.5 Å². The number of imide groups is 2. The number of anilines is 1. The van der Waals surface area contributed by atoms with Crippen molar-refractivity contribution in [3.05, 3.63) is 112 Å². The molecule has 9 heteroatoms. The van der Waals surface area contributed by atoms with Crippen molar-refractivity contribution in [2.75, 3.05) is 4.90 Å². The van der Waals surface area contributed by atoms with Crippen LogP contribution in [0.5, 0.6) is 5.75 Å². The number of hydrogen-bond donors (Lipinski definition) is 2. The lowest BCUT2D eigenvalue weighted by atomic mass is 10.1. The van der Waals surface area contributed by atoms with E-state index in [1.54, 1.807) is 18.2 Å². The number of carboxylic acid groups (broad SMARTS) is 1. The molecule has 0 aromatic heterocycles. The summed E-state index contributed by atoms with van der Waals surface area (Å²) in [5.41, 5.74) is 1.26. The molecule has 1 fully saturated rings. The van der Waals surface area contributed by atoms with Gasteiger partial charge >= 0.3 is 12.0 Å². The van der Waals surface area contributed by atoms with Crippen LogP contribution in [0.4, 0.5) is 10.5 Å². The second-order valence-electron chi connectivity index (χ2n) is 8.43. The molecule has 0 aliphatic carbocycles. The fourth-order valence-electron chi connectivity index (χ4n) is 4.11. The summed E-state index contributed by atoms with van der Waals surface area (Å²) in [6, 6.07) is 23.0. The van der Waals surface area contributed by atoms with Crippen molar-refractivity contribution in [3.8, 4) is 5.75 Å². The van der Waals surface area contributed by atoms with Gasteiger partial charge in [0.1, 0.15) is 17.9 Å². The van der Waals surface area contributed by atoms with Crippen LogP contribution in [0.25, 0.3) is 16.8 Å². The minimum Gasteiger partial charge on any atom is -0.487 e. The summed E-state index contributed by atoms with van der Waals surface area (Å²) in [5.74, 6) is -2.43. The standard InChI is InChI=1S/C29H19ClN2O6/c30-24-15-17(8-13-25(24)38-16-20-6-3-5-18-4-1-2-7-22(18)20)14-23-26(33)31-29(37)32(27(23)34)21-11-9-19(10-12-21)28(35)36/h1-15H,16H2,(H,35,36)(H,31,33,37)/b23-14+. The maximum Gasteiger partial charge on any atom is 0.335 e. The Morgan fingerprint density at radius 3 is 2.42 bits per heavy atom. The van der Waals surface area contributed by atoms with E-state index < -0.39 is 23.8 Å². The van der Waals surface area contributed by atoms with E-state index in [-0.39, 0.29) is 21.8 Å². The Balaban J connectivity index is 1.37. The highest BCUT2D eigenvalue weighted by molar-refractivity contribution is 6.39. The van der Waals surface area contributed by atoms with Crippen molar-refractivity contribution < 1.29 is 29.0 Å². The summed E-state index contributed by atoms with van der Waals surface area (Å²) in [6.07, 6.45) is 1.32. The number of carbonyl (C=O) groups excluding carboxylic acids is 3. The van der Waals surface area contributed by atoms with Crippen molar-refractivity contribution in [2.24, 2.45) is 0 Å². The molecule has 0 bridgehead atoms. The monoisotopic (exact) mass is 526 g/mol. The highest BCUT2D eigenvalue weighted by atomic mass is 35.5. The second kappa shape index (κ2) is 10.2. The zero-order valence-electron chi connectivity index (χ0n) is 19.7. The number of fused-ring (bicyclic) bond motifs is 1. The molecule has 5 rings (SSSR count). The van der Waals surface area contributed by atoms with Crippen molar-refractivity contribution >= 4 is 58.0 Å². The maximum atomic E-state index is 13.1. The van der Waals surface area contributed by atoms with Crippen LogP contribution < -0.4 is 15.0 Å². The largest absolute Gasteiger partial charge is 0.487 e. The molecule has 0 unspecified atom stereocenters. The Kier molecular flexibility index (Phi) is 6.64. The number of nitrogens with one attached hydrogen (secondary N) is 1. The van der Waals surface area contributed by atoms with Crippen LogP contribution in [0.3, 0.4) is 0 Å². The van der Waals surface area contributed by atoms with Crippen molar-refractivity contribution in [1.82, 2.24) is 5.32 Å². The molecule has 4 aromatic rings. The van der Waals surface area contributed by atoms with Crippen LogP contribution in [0.1, 0.15) is 21.5 Å². The highest BCUT2D eigenvalue weighted by Crippen LogP contribution is 2.29. The molecular formula is C29H19ClN2O6. The molecule has 0 spiro atoms. The normalized spacial score (nSPS) is 14.6. The number of amides is 4. The first kappa shape index (κ1) is 24.7. The first-order chi connectivity index (χ1) is 18.3. The average molecular weight is 527 g/mol. The molecule has 0 radical (unpaired) electrons. The number of halogens is 1. The zero-order valence-corrected chi connectivity index (χ0v) is 20.4. The van der Waals surface area contributed by atoms with Crippen LogP contribution in [0, 0.1) is 0 Å². The SMILES string of the molecule is O=C1NC(=O)N(c2ccc(C(=O)O)cc2)C(=O)/C1=C/c1ccc(OCc2cccc3ccccc23)c(Cl)c1. The Bertz CT molecular complexity index is 1640. The van der Waals surface area contributed by atoms with Gasteiger partial charge in [0.25, 0.3) is 11.8 Å². The lowest BCUT2D eigenvalue weighted by Crippen LogP contribution is -2.54. The van der Waals surface area contributed by atoms with Crippen LogP contribution in [-0.2, 0) is 16.2 Å². The van der Waals surface area contributed by atoms with Gasteiger partial charge in [-0.05, 0) is 64.4 Å². The number of hydrogen-bond acceptors (Lipinski definition) is 5. The summed E-state index contributed by atoms with van der Waals surface area (Å²) in [7, 11) is 0. The van der Waals surface area contributed by atoms with Crippen molar-refractivity contribution in [1.29, 1.82) is 0 Å². The van der Waals surface area contributed by atoms with Crippen molar-refractivity contribution in [2.45, 2.75) is 6.61 Å². The topological polar surface area (TPSA) is 113 Å². The van der Waals surface area contributed by atoms with Crippen molar-refractivity contribution in [3.63, 3.8) is 0 Å². The molecule has 1 aliphatic heterocycles. The molecule has 4 aromatic carbocycles. The first-order valence-corrected chi connectivity index (χ1v) is 11.8. The number of ether oxygens (including phenoxy) is 1. The molecule has 1 saturated heterocycles. The minimum atomic E-state index is -1.15. The van der Waals surface area contributed by atoms with E-state index in [0.29, 0.717) is 17.9 Å². The Hall–Kier alpha value is -4.95. The molecule has 38 heavy (non-hydrogen) atoms. The number of aromatic carboxylic acids is 1. The quantitative estimate of drug-likeness (QED) is 0.255. The predicted molar refractivity (Wildman–Crippen MR) is 142 cm³/mol. The number of carbonyl (C=O) groups is 4. The Labute approximate surface area is 221 Å². The molecule has 0 atom stereocenters. The fourth-order valence-corrected chi connectivity index (χ4v) is 4.35. The summed E-state index contributed by atoms with van der Waals surface area (Å²) in [4.78, 5) is 49.8. The van der Waals surface area contributed by atoms with E-state index in [9.17, 15) is 19.2 Å². The third kappa shape index (κ3) is 4.85. The number of benzene rings is 4. The van der Waals surface area contributed by atoms with Gasteiger partial charge in [-0.25, -0.2) is 14.5 Å². The van der Waals surface area contributed by atoms with Gasteiger partial charge in [-0.2, -0.15) is 0 Å². The molecule has 4 amide bonds. The van der Waals surface area contributed by atoms with Gasteiger partial charge < -0.3 is 9.84 Å². The van der Waals surface area contributed by atoms with E-state index in [2.05, 4.69) is 5.32 Å². The van der Waals surface area contributed by atoms with Gasteiger partial charge in [0.2, 0.25) is 0 Å². The lowest BCUT2D eigenvalue weighted by molar-refractivity contribution is -0.122. The van der Waals surface area contributed by atoms with E-state index in [4.69, 9.17) is 21.4 Å². The second-order valence-corrected chi connectivity index (χ2v) is 8.83. The van der Waals surface area contributed by atoms with Gasteiger partial charge in [-0.3, -0.25) is 14.9 Å². The van der Waals surface area contributed by atoms with Gasteiger partial charge in [-0.1, -0.05) is 60.1 Å². The Morgan fingerprint density at radius 1 is 0.947 bits per heavy atom. The van der Waals surface area contributed by atoms with E-state index in [0.717, 1.165) is 21.2 Å². The summed E-state index contributed by atoms with van der Waals surface area (Å²) >= 11 is 6.44. The van der Waals surface area contributed by atoms with Gasteiger partial charge in [0.05, 0.1) is 16.3 Å². The third-order valence-electron chi connectivity index (χ3n) is 6.00. The molecule has 1 heterocycles. The molecule has 188 valence electrons. The van der Waals surface area contributed by atoms with E-state index >= 15 is 0 Å². The number of barbiturate groups is 1. The highest BCUT2D eigenvalue weighted by Gasteiger charge is 2.36. The molecule has 0 saturated carbocycles. The zero-order chi connectivity index (χ0) is 26.8. The molecular weight excluding hydrogens is 508 g/mol. The summed E-state index contributed by atoms with van der Waals surface area (Å²) in [5, 5.41) is 13.7. The molecule has 1 aliphatic rings. The summed E-state index contributed by atoms with van der Waals surface area (Å²) < 4.78 is 5.94. The van der Waals surface area contributed by atoms with Gasteiger partial charge in [0, 0.05) is 0 Å². The van der Waals surface area contributed by atoms with E-state index in [1.165, 1.54) is 30.3 Å². The Morgan fingerprint density at radius 2 is 1.68 bits per heavy atom. The number of urea groups is 1. The average Bonchev–Trinajstić information content (AvgIpc) is 2.91. The molecule has 2 N–H and O–H groups in total. The van der Waals surface area contributed by atoms with Gasteiger partial charge in [-0.15, -0.1) is 0 Å². The predicted octanol–water partition coefficient (Wildman–Crippen LogP) is 5.44. The smallest absolute Gasteiger partial charge is 0.335 e. The number of rotatable bonds is 6. The maximum absolute atomic E-state index is 13.1. The molecule has 8 nitrogen and oxygen atoms in total. The fraction of sp³-hybridized carbons (Fsp3) is 0.0345. The van der Waals surface area contributed by atoms with Crippen LogP contribution in [-0.4, -0.2) is 28.9 Å².